The van der Waals surface area contributed by atoms with Crippen molar-refractivity contribution in [2.75, 3.05) is 13.7 Å². The minimum absolute atomic E-state index is 0.0819. The van der Waals surface area contributed by atoms with Gasteiger partial charge < -0.3 is 9.47 Å². The van der Waals surface area contributed by atoms with Gasteiger partial charge in [0.1, 0.15) is 0 Å². The summed E-state index contributed by atoms with van der Waals surface area (Å²) in [6.07, 6.45) is 9.80. The highest BCUT2D eigenvalue weighted by atomic mass is 16.5. The van der Waals surface area contributed by atoms with Crippen molar-refractivity contribution in [3.8, 4) is 0 Å². The Kier molecular flexibility index (Phi) is 19.1. The molecule has 0 aliphatic rings. The molecule has 0 saturated carbocycles. The molecule has 0 atom stereocenters. The maximum atomic E-state index is 10.6. The van der Waals surface area contributed by atoms with E-state index in [2.05, 4.69) is 18.6 Å². The second kappa shape index (κ2) is 17.9. The molecule has 0 aromatic heterocycles. The van der Waals surface area contributed by atoms with Crippen LogP contribution < -0.4 is 0 Å². The molecule has 0 aliphatic heterocycles. The Bertz CT molecular complexity index is 227. The monoisotopic (exact) mass is 288 g/mol. The zero-order chi connectivity index (χ0) is 15.6. The first-order valence-corrected chi connectivity index (χ1v) is 7.78. The number of esters is 2. The lowest BCUT2D eigenvalue weighted by Gasteiger charge is -1.98. The van der Waals surface area contributed by atoms with E-state index in [0.29, 0.717) is 13.0 Å². The molecular weight excluding hydrogens is 256 g/mol. The van der Waals surface area contributed by atoms with E-state index in [1.54, 1.807) is 0 Å². The van der Waals surface area contributed by atoms with Gasteiger partial charge in [0, 0.05) is 13.3 Å². The van der Waals surface area contributed by atoms with Crippen LogP contribution in [0, 0.1) is 0 Å². The molecule has 0 N–H and O–H groups in total. The van der Waals surface area contributed by atoms with Crippen molar-refractivity contribution < 1.29 is 19.1 Å². The smallest absolute Gasteiger partial charge is 0.305 e. The molecule has 20 heavy (non-hydrogen) atoms. The predicted octanol–water partition coefficient (Wildman–Crippen LogP) is 4.26. The van der Waals surface area contributed by atoms with Gasteiger partial charge in [0.2, 0.25) is 0 Å². The molecule has 0 bridgehead atoms. The number of methoxy groups -OCH3 is 1. The summed E-state index contributed by atoms with van der Waals surface area (Å²) in [5.41, 5.74) is 0. The molecule has 0 aromatic carbocycles. The minimum atomic E-state index is -0.175. The van der Waals surface area contributed by atoms with Gasteiger partial charge in [0.25, 0.3) is 0 Å². The van der Waals surface area contributed by atoms with Crippen molar-refractivity contribution in [1.29, 1.82) is 0 Å². The molecule has 0 aliphatic carbocycles. The first-order valence-electron chi connectivity index (χ1n) is 7.78. The summed E-state index contributed by atoms with van der Waals surface area (Å²) in [7, 11) is 1.44. The van der Waals surface area contributed by atoms with Gasteiger partial charge in [-0.2, -0.15) is 0 Å². The number of carbonyl (C=O) groups excluding carboxylic acids is 2. The van der Waals surface area contributed by atoms with Gasteiger partial charge >= 0.3 is 11.9 Å². The second-order valence-electron chi connectivity index (χ2n) is 4.79. The highest BCUT2D eigenvalue weighted by molar-refractivity contribution is 5.68. The molecule has 0 aromatic rings. The van der Waals surface area contributed by atoms with Crippen LogP contribution >= 0.6 is 0 Å². The standard InChI is InChI=1S/C9H18O2.C7H14O2/c1-3-4-5-6-7-8-9(10)11-2;1-3-4-5-6-9-7(2)8/h3-8H2,1-2H3;3-6H2,1-2H3. The molecular formula is C16H32O4. The van der Waals surface area contributed by atoms with Gasteiger partial charge in [-0.25, -0.2) is 0 Å². The number of ether oxygens (including phenoxy) is 2. The first kappa shape index (κ1) is 21.2. The lowest BCUT2D eigenvalue weighted by molar-refractivity contribution is -0.141. The Hall–Kier alpha value is -1.06. The number of unbranched alkanes of at least 4 members (excludes halogenated alkanes) is 6. The van der Waals surface area contributed by atoms with E-state index in [0.717, 1.165) is 25.7 Å². The first-order chi connectivity index (χ1) is 9.58. The molecule has 0 fully saturated rings. The van der Waals surface area contributed by atoms with E-state index in [1.165, 1.54) is 39.7 Å². The van der Waals surface area contributed by atoms with Gasteiger partial charge in [0.05, 0.1) is 13.7 Å². The lowest BCUT2D eigenvalue weighted by atomic mass is 10.1. The van der Waals surface area contributed by atoms with E-state index < -0.39 is 0 Å². The molecule has 0 heterocycles. The van der Waals surface area contributed by atoms with E-state index >= 15 is 0 Å². The third-order valence-electron chi connectivity index (χ3n) is 2.77. The fourth-order valence-corrected chi connectivity index (χ4v) is 1.54. The molecule has 4 nitrogen and oxygen atoms in total. The van der Waals surface area contributed by atoms with Gasteiger partial charge in [-0.1, -0.05) is 52.4 Å². The van der Waals surface area contributed by atoms with E-state index in [4.69, 9.17) is 4.74 Å². The van der Waals surface area contributed by atoms with Crippen molar-refractivity contribution in [3.05, 3.63) is 0 Å². The van der Waals surface area contributed by atoms with E-state index in [1.807, 2.05) is 0 Å². The van der Waals surface area contributed by atoms with Gasteiger partial charge in [-0.05, 0) is 12.8 Å². The SMILES string of the molecule is CCCCCCCC(=O)OC.CCCCCOC(C)=O. The summed E-state index contributed by atoms with van der Waals surface area (Å²) in [6.45, 7) is 6.32. The average Bonchev–Trinajstić information content (AvgIpc) is 2.43. The summed E-state index contributed by atoms with van der Waals surface area (Å²) in [5.74, 6) is -0.257. The zero-order valence-electron chi connectivity index (χ0n) is 13.7. The Balaban J connectivity index is 0. The van der Waals surface area contributed by atoms with Gasteiger partial charge in [0.15, 0.2) is 0 Å². The summed E-state index contributed by atoms with van der Waals surface area (Å²) in [6, 6.07) is 0. The Morgan fingerprint density at radius 3 is 1.90 bits per heavy atom. The Morgan fingerprint density at radius 2 is 1.40 bits per heavy atom. The number of carbonyl (C=O) groups is 2. The van der Waals surface area contributed by atoms with Crippen LogP contribution in [0.4, 0.5) is 0 Å². The molecule has 0 amide bonds. The van der Waals surface area contributed by atoms with Crippen LogP contribution in [-0.2, 0) is 19.1 Å². The zero-order valence-corrected chi connectivity index (χ0v) is 13.7. The highest BCUT2D eigenvalue weighted by Gasteiger charge is 1.97. The van der Waals surface area contributed by atoms with Crippen LogP contribution in [-0.4, -0.2) is 25.7 Å². The number of hydrogen-bond acceptors (Lipinski definition) is 4. The topological polar surface area (TPSA) is 52.6 Å². The molecule has 0 radical (unpaired) electrons. The van der Waals surface area contributed by atoms with Crippen LogP contribution in [0.3, 0.4) is 0 Å². The number of hydrogen-bond donors (Lipinski definition) is 0. The molecule has 4 heteroatoms. The average molecular weight is 288 g/mol. The van der Waals surface area contributed by atoms with Crippen LogP contribution in [0.1, 0.15) is 78.6 Å². The van der Waals surface area contributed by atoms with Crippen LogP contribution in [0.5, 0.6) is 0 Å². The Morgan fingerprint density at radius 1 is 0.850 bits per heavy atom. The normalized spacial score (nSPS) is 9.40. The van der Waals surface area contributed by atoms with Gasteiger partial charge in [-0.3, -0.25) is 9.59 Å². The maximum Gasteiger partial charge on any atom is 0.305 e. The molecule has 0 unspecified atom stereocenters. The summed E-state index contributed by atoms with van der Waals surface area (Å²) in [5, 5.41) is 0. The third kappa shape index (κ3) is 22.1. The summed E-state index contributed by atoms with van der Waals surface area (Å²) < 4.78 is 9.22. The quantitative estimate of drug-likeness (QED) is 0.445. The molecule has 0 rings (SSSR count). The minimum Gasteiger partial charge on any atom is -0.469 e. The largest absolute Gasteiger partial charge is 0.469 e. The van der Waals surface area contributed by atoms with Crippen LogP contribution in [0.15, 0.2) is 0 Å². The van der Waals surface area contributed by atoms with Crippen molar-refractivity contribution in [3.63, 3.8) is 0 Å². The fraction of sp³-hybridized carbons (Fsp3) is 0.875. The summed E-state index contributed by atoms with van der Waals surface area (Å²) >= 11 is 0. The van der Waals surface area contributed by atoms with E-state index in [9.17, 15) is 9.59 Å². The van der Waals surface area contributed by atoms with Crippen molar-refractivity contribution in [2.45, 2.75) is 78.6 Å². The van der Waals surface area contributed by atoms with E-state index in [-0.39, 0.29) is 11.9 Å². The number of rotatable bonds is 10. The Labute approximate surface area is 124 Å². The molecule has 0 spiro atoms. The maximum absolute atomic E-state index is 10.6. The molecule has 0 saturated heterocycles. The lowest BCUT2D eigenvalue weighted by Crippen LogP contribution is -1.99. The van der Waals surface area contributed by atoms with Crippen molar-refractivity contribution in [2.24, 2.45) is 0 Å². The second-order valence-corrected chi connectivity index (χ2v) is 4.79. The fourth-order valence-electron chi connectivity index (χ4n) is 1.54. The van der Waals surface area contributed by atoms with Crippen molar-refractivity contribution in [1.82, 2.24) is 0 Å². The third-order valence-corrected chi connectivity index (χ3v) is 2.77. The van der Waals surface area contributed by atoms with Gasteiger partial charge in [-0.15, -0.1) is 0 Å². The van der Waals surface area contributed by atoms with Crippen molar-refractivity contribution >= 4 is 11.9 Å². The summed E-state index contributed by atoms with van der Waals surface area (Å²) in [4.78, 5) is 20.8. The van der Waals surface area contributed by atoms with Crippen LogP contribution in [0.2, 0.25) is 0 Å². The predicted molar refractivity (Wildman–Crippen MR) is 81.6 cm³/mol. The highest BCUT2D eigenvalue weighted by Crippen LogP contribution is 2.05. The molecule has 120 valence electrons. The van der Waals surface area contributed by atoms with Crippen LogP contribution in [0.25, 0.3) is 0 Å².